The number of anilines is 1. The molecule has 0 saturated carbocycles. The van der Waals surface area contributed by atoms with Gasteiger partial charge >= 0.3 is 0 Å². The Morgan fingerprint density at radius 3 is 2.57 bits per heavy atom. The molecule has 1 saturated heterocycles. The first-order valence-corrected chi connectivity index (χ1v) is 15.4. The lowest BCUT2D eigenvalue weighted by atomic mass is 9.87. The summed E-state index contributed by atoms with van der Waals surface area (Å²) in [6.45, 7) is 3.93. The molecule has 42 heavy (non-hydrogen) atoms. The SMILES string of the molecule is COc1ccc(OC)c(-c2ccc(C(=O)N(C)Cc3cscn3)c(N3CCN(C4CCc5ccccc5C4)CC3)n2)c1. The Labute approximate surface area is 251 Å². The van der Waals surface area contributed by atoms with Crippen LogP contribution in [0.3, 0.4) is 0 Å². The van der Waals surface area contributed by atoms with Gasteiger partial charge in [0.25, 0.3) is 5.91 Å². The van der Waals surface area contributed by atoms with Gasteiger partial charge in [-0.1, -0.05) is 24.3 Å². The van der Waals surface area contributed by atoms with Crippen LogP contribution in [-0.4, -0.2) is 79.2 Å². The summed E-state index contributed by atoms with van der Waals surface area (Å²) in [7, 11) is 5.12. The molecule has 1 fully saturated rings. The lowest BCUT2D eigenvalue weighted by Crippen LogP contribution is -2.52. The summed E-state index contributed by atoms with van der Waals surface area (Å²) in [6.07, 6.45) is 3.42. The second-order valence-electron chi connectivity index (χ2n) is 11.0. The molecule has 9 heteroatoms. The van der Waals surface area contributed by atoms with Gasteiger partial charge in [-0.3, -0.25) is 9.69 Å². The summed E-state index contributed by atoms with van der Waals surface area (Å²) < 4.78 is 11.2. The topological polar surface area (TPSA) is 71.0 Å². The van der Waals surface area contributed by atoms with Crippen molar-refractivity contribution in [2.75, 3.05) is 52.3 Å². The van der Waals surface area contributed by atoms with Crippen LogP contribution in [0, 0.1) is 0 Å². The number of nitrogens with zero attached hydrogens (tertiary/aromatic N) is 5. The third-order valence-electron chi connectivity index (χ3n) is 8.47. The average Bonchev–Trinajstić information content (AvgIpc) is 3.56. The van der Waals surface area contributed by atoms with Crippen LogP contribution in [0.15, 0.2) is 65.5 Å². The highest BCUT2D eigenvalue weighted by atomic mass is 32.1. The number of carbonyl (C=O) groups is 1. The fourth-order valence-corrected chi connectivity index (χ4v) is 6.70. The Morgan fingerprint density at radius 1 is 1.02 bits per heavy atom. The molecule has 6 rings (SSSR count). The van der Waals surface area contributed by atoms with E-state index < -0.39 is 0 Å². The molecule has 4 aromatic rings. The van der Waals surface area contributed by atoms with E-state index in [1.54, 1.807) is 24.6 Å². The minimum absolute atomic E-state index is 0.0685. The number of piperazine rings is 1. The van der Waals surface area contributed by atoms with Crippen molar-refractivity contribution in [1.29, 1.82) is 0 Å². The summed E-state index contributed by atoms with van der Waals surface area (Å²) in [5.41, 5.74) is 7.81. The number of aryl methyl sites for hydroxylation is 1. The van der Waals surface area contributed by atoms with Crippen LogP contribution in [-0.2, 0) is 19.4 Å². The first kappa shape index (κ1) is 28.2. The van der Waals surface area contributed by atoms with Gasteiger partial charge in [0.05, 0.1) is 43.2 Å². The molecular weight excluding hydrogens is 546 g/mol. The Balaban J connectivity index is 1.28. The molecule has 2 aromatic carbocycles. The van der Waals surface area contributed by atoms with Gasteiger partial charge in [-0.2, -0.15) is 0 Å². The Bertz CT molecular complexity index is 1530. The van der Waals surface area contributed by atoms with Gasteiger partial charge in [-0.25, -0.2) is 9.97 Å². The Hall–Kier alpha value is -3.95. The van der Waals surface area contributed by atoms with Gasteiger partial charge in [0, 0.05) is 50.2 Å². The predicted molar refractivity (Wildman–Crippen MR) is 167 cm³/mol. The van der Waals surface area contributed by atoms with E-state index in [0.29, 0.717) is 29.7 Å². The van der Waals surface area contributed by atoms with Crippen molar-refractivity contribution >= 4 is 23.1 Å². The van der Waals surface area contributed by atoms with Crippen LogP contribution >= 0.6 is 11.3 Å². The summed E-state index contributed by atoms with van der Waals surface area (Å²) in [6, 6.07) is 18.9. The zero-order valence-electron chi connectivity index (χ0n) is 24.5. The van der Waals surface area contributed by atoms with Crippen molar-refractivity contribution in [3.63, 3.8) is 0 Å². The van der Waals surface area contributed by atoms with Gasteiger partial charge in [0.15, 0.2) is 0 Å². The number of ether oxygens (including phenoxy) is 2. The molecule has 3 heterocycles. The summed E-state index contributed by atoms with van der Waals surface area (Å²) in [4.78, 5) is 29.9. The molecule has 1 aliphatic carbocycles. The maximum absolute atomic E-state index is 13.8. The molecule has 0 N–H and O–H groups in total. The third kappa shape index (κ3) is 5.84. The van der Waals surface area contributed by atoms with Crippen LogP contribution in [0.5, 0.6) is 11.5 Å². The minimum Gasteiger partial charge on any atom is -0.497 e. The number of methoxy groups -OCH3 is 2. The molecule has 2 aromatic heterocycles. The van der Waals surface area contributed by atoms with Crippen LogP contribution < -0.4 is 14.4 Å². The number of thiazole rings is 1. The monoisotopic (exact) mass is 583 g/mol. The molecule has 0 radical (unpaired) electrons. The number of amides is 1. The first-order valence-electron chi connectivity index (χ1n) is 14.5. The number of aromatic nitrogens is 2. The number of hydrogen-bond donors (Lipinski definition) is 0. The molecule has 0 spiro atoms. The molecule has 1 aliphatic heterocycles. The largest absolute Gasteiger partial charge is 0.497 e. The van der Waals surface area contributed by atoms with E-state index in [0.717, 1.165) is 61.7 Å². The zero-order valence-corrected chi connectivity index (χ0v) is 25.3. The minimum atomic E-state index is -0.0685. The van der Waals surface area contributed by atoms with E-state index in [1.165, 1.54) is 28.9 Å². The van der Waals surface area contributed by atoms with Gasteiger partial charge in [0.1, 0.15) is 17.3 Å². The van der Waals surface area contributed by atoms with Crippen molar-refractivity contribution in [1.82, 2.24) is 19.8 Å². The van der Waals surface area contributed by atoms with Gasteiger partial charge < -0.3 is 19.3 Å². The molecular formula is C33H37N5O3S. The summed E-state index contributed by atoms with van der Waals surface area (Å²) in [5.74, 6) is 2.07. The van der Waals surface area contributed by atoms with E-state index in [-0.39, 0.29) is 5.91 Å². The molecule has 1 atom stereocenters. The van der Waals surface area contributed by atoms with Crippen LogP contribution in [0.25, 0.3) is 11.3 Å². The normalized spacial score (nSPS) is 17.0. The highest BCUT2D eigenvalue weighted by molar-refractivity contribution is 7.07. The summed E-state index contributed by atoms with van der Waals surface area (Å²) in [5, 5.41) is 1.98. The number of hydrogen-bond acceptors (Lipinski definition) is 8. The lowest BCUT2D eigenvalue weighted by molar-refractivity contribution is 0.0783. The predicted octanol–water partition coefficient (Wildman–Crippen LogP) is 5.17. The number of fused-ring (bicyclic) bond motifs is 1. The maximum atomic E-state index is 13.8. The number of carbonyl (C=O) groups excluding carboxylic acids is 1. The molecule has 1 unspecified atom stereocenters. The van der Waals surface area contributed by atoms with Crippen molar-refractivity contribution in [2.24, 2.45) is 0 Å². The van der Waals surface area contributed by atoms with Crippen molar-refractivity contribution in [2.45, 2.75) is 31.8 Å². The molecule has 2 aliphatic rings. The smallest absolute Gasteiger partial charge is 0.257 e. The van der Waals surface area contributed by atoms with Crippen LogP contribution in [0.2, 0.25) is 0 Å². The number of benzene rings is 2. The zero-order chi connectivity index (χ0) is 29.1. The highest BCUT2D eigenvalue weighted by Crippen LogP contribution is 2.35. The lowest BCUT2D eigenvalue weighted by Gasteiger charge is -2.42. The third-order valence-corrected chi connectivity index (χ3v) is 9.10. The Kier molecular flexibility index (Phi) is 8.39. The number of pyridine rings is 1. The van der Waals surface area contributed by atoms with E-state index in [9.17, 15) is 4.79 Å². The second kappa shape index (κ2) is 12.5. The summed E-state index contributed by atoms with van der Waals surface area (Å²) >= 11 is 1.53. The molecule has 8 nitrogen and oxygen atoms in total. The van der Waals surface area contributed by atoms with Crippen molar-refractivity contribution in [3.8, 4) is 22.8 Å². The van der Waals surface area contributed by atoms with Gasteiger partial charge in [-0.15, -0.1) is 11.3 Å². The quantitative estimate of drug-likeness (QED) is 0.283. The Morgan fingerprint density at radius 2 is 1.83 bits per heavy atom. The maximum Gasteiger partial charge on any atom is 0.257 e. The van der Waals surface area contributed by atoms with Crippen LogP contribution in [0.1, 0.15) is 33.6 Å². The molecule has 0 bridgehead atoms. The van der Waals surface area contributed by atoms with Crippen LogP contribution in [0.4, 0.5) is 5.82 Å². The van der Waals surface area contributed by atoms with Gasteiger partial charge in [0.2, 0.25) is 0 Å². The van der Waals surface area contributed by atoms with Crippen molar-refractivity contribution in [3.05, 3.63) is 87.9 Å². The van der Waals surface area contributed by atoms with E-state index in [2.05, 4.69) is 39.0 Å². The molecule has 1 amide bonds. The first-order chi connectivity index (χ1) is 20.5. The van der Waals surface area contributed by atoms with E-state index >= 15 is 0 Å². The standard InChI is InChI=1S/C33H37N5O3S/c1-36(20-25-21-42-22-34-25)33(39)28-11-12-30(29-19-27(40-2)10-13-31(29)41-3)35-32(28)38-16-14-37(15-17-38)26-9-8-23-6-4-5-7-24(23)18-26/h4-7,10-13,19,21-22,26H,8-9,14-18,20H2,1-3H3. The van der Waals surface area contributed by atoms with E-state index in [1.807, 2.05) is 42.8 Å². The van der Waals surface area contributed by atoms with Gasteiger partial charge in [-0.05, 0) is 60.7 Å². The average molecular weight is 584 g/mol. The highest BCUT2D eigenvalue weighted by Gasteiger charge is 2.30. The molecule has 218 valence electrons. The van der Waals surface area contributed by atoms with E-state index in [4.69, 9.17) is 14.5 Å². The fourth-order valence-electron chi connectivity index (χ4n) is 6.15. The number of rotatable bonds is 8. The van der Waals surface area contributed by atoms with Crippen molar-refractivity contribution < 1.29 is 14.3 Å². The fraction of sp³-hybridized carbons (Fsp3) is 0.364. The second-order valence-corrected chi connectivity index (χ2v) is 11.7.